The van der Waals surface area contributed by atoms with Crippen LogP contribution in [-0.4, -0.2) is 28.1 Å². The van der Waals surface area contributed by atoms with Crippen LogP contribution in [0.5, 0.6) is 5.75 Å². The quantitative estimate of drug-likeness (QED) is 0.813. The van der Waals surface area contributed by atoms with Crippen LogP contribution in [0.25, 0.3) is 0 Å². The fourth-order valence-corrected chi connectivity index (χ4v) is 3.71. The average Bonchev–Trinajstić information content (AvgIpc) is 2.56. The van der Waals surface area contributed by atoms with E-state index < -0.39 is 9.84 Å². The van der Waals surface area contributed by atoms with Gasteiger partial charge in [0.2, 0.25) is 9.84 Å². The van der Waals surface area contributed by atoms with Crippen LogP contribution >= 0.6 is 0 Å². The SMILES string of the molecule is N#CCN1CCOc2ccc(S(=O)(=O)c3ccccc3)cc21. The highest BCUT2D eigenvalue weighted by Gasteiger charge is 2.23. The van der Waals surface area contributed by atoms with Gasteiger partial charge in [0, 0.05) is 0 Å². The standard InChI is InChI=1S/C16H14N2O3S/c17-8-9-18-10-11-21-16-7-6-14(12-15(16)18)22(19,20)13-4-2-1-3-5-13/h1-7,12H,9-11H2. The van der Waals surface area contributed by atoms with Crippen molar-refractivity contribution in [2.45, 2.75) is 9.79 Å². The number of nitrogens with zero attached hydrogens (tertiary/aromatic N) is 2. The Labute approximate surface area is 129 Å². The average molecular weight is 314 g/mol. The van der Waals surface area contributed by atoms with Gasteiger partial charge in [-0.05, 0) is 30.3 Å². The van der Waals surface area contributed by atoms with E-state index >= 15 is 0 Å². The predicted octanol–water partition coefficient (Wildman–Crippen LogP) is 2.24. The van der Waals surface area contributed by atoms with Crippen molar-refractivity contribution in [1.29, 1.82) is 5.26 Å². The van der Waals surface area contributed by atoms with Gasteiger partial charge in [0.05, 0.1) is 28.1 Å². The molecule has 0 fully saturated rings. The first-order valence-corrected chi connectivity index (χ1v) is 8.30. The lowest BCUT2D eigenvalue weighted by Crippen LogP contribution is -2.33. The monoisotopic (exact) mass is 314 g/mol. The third kappa shape index (κ3) is 2.51. The van der Waals surface area contributed by atoms with Crippen molar-refractivity contribution in [3.8, 4) is 11.8 Å². The molecular weight excluding hydrogens is 300 g/mol. The van der Waals surface area contributed by atoms with Crippen molar-refractivity contribution >= 4 is 15.5 Å². The summed E-state index contributed by atoms with van der Waals surface area (Å²) in [7, 11) is -3.58. The zero-order valence-electron chi connectivity index (χ0n) is 11.8. The van der Waals surface area contributed by atoms with Crippen molar-refractivity contribution in [3.63, 3.8) is 0 Å². The molecule has 3 rings (SSSR count). The Morgan fingerprint density at radius 2 is 1.91 bits per heavy atom. The molecule has 112 valence electrons. The van der Waals surface area contributed by atoms with Gasteiger partial charge in [0.15, 0.2) is 0 Å². The molecule has 0 bridgehead atoms. The van der Waals surface area contributed by atoms with Crippen LogP contribution in [0.4, 0.5) is 5.69 Å². The van der Waals surface area contributed by atoms with Gasteiger partial charge in [-0.1, -0.05) is 18.2 Å². The van der Waals surface area contributed by atoms with E-state index in [1.165, 1.54) is 6.07 Å². The number of hydrogen-bond acceptors (Lipinski definition) is 5. The summed E-state index contributed by atoms with van der Waals surface area (Å²) in [6.07, 6.45) is 0. The lowest BCUT2D eigenvalue weighted by Gasteiger charge is -2.29. The van der Waals surface area contributed by atoms with Gasteiger partial charge in [0.25, 0.3) is 0 Å². The molecule has 2 aromatic rings. The van der Waals surface area contributed by atoms with E-state index in [-0.39, 0.29) is 16.3 Å². The summed E-state index contributed by atoms with van der Waals surface area (Å²) in [5, 5.41) is 8.90. The molecule has 0 N–H and O–H groups in total. The van der Waals surface area contributed by atoms with Crippen LogP contribution < -0.4 is 9.64 Å². The lowest BCUT2D eigenvalue weighted by molar-refractivity contribution is 0.309. The van der Waals surface area contributed by atoms with E-state index in [9.17, 15) is 8.42 Å². The Hall–Kier alpha value is -2.52. The largest absolute Gasteiger partial charge is 0.490 e. The minimum absolute atomic E-state index is 0.200. The first-order valence-electron chi connectivity index (χ1n) is 6.82. The van der Waals surface area contributed by atoms with Crippen LogP contribution in [-0.2, 0) is 9.84 Å². The molecule has 0 unspecified atom stereocenters. The van der Waals surface area contributed by atoms with E-state index in [0.29, 0.717) is 24.6 Å². The zero-order valence-corrected chi connectivity index (χ0v) is 12.6. The second-order valence-electron chi connectivity index (χ2n) is 4.87. The third-order valence-electron chi connectivity index (χ3n) is 3.52. The van der Waals surface area contributed by atoms with Crippen LogP contribution in [0, 0.1) is 11.3 Å². The molecule has 0 spiro atoms. The molecular formula is C16H14N2O3S. The van der Waals surface area contributed by atoms with Gasteiger partial charge in [-0.25, -0.2) is 8.42 Å². The van der Waals surface area contributed by atoms with Crippen LogP contribution in [0.3, 0.4) is 0 Å². The van der Waals surface area contributed by atoms with Crippen molar-refractivity contribution in [2.24, 2.45) is 0 Å². The number of fused-ring (bicyclic) bond motifs is 1. The molecule has 0 amide bonds. The summed E-state index contributed by atoms with van der Waals surface area (Å²) < 4.78 is 30.8. The molecule has 0 saturated heterocycles. The molecule has 0 atom stereocenters. The van der Waals surface area contributed by atoms with Crippen LogP contribution in [0.2, 0.25) is 0 Å². The molecule has 1 aliphatic heterocycles. The highest BCUT2D eigenvalue weighted by atomic mass is 32.2. The summed E-state index contributed by atoms with van der Waals surface area (Å²) >= 11 is 0. The third-order valence-corrected chi connectivity index (χ3v) is 5.28. The Morgan fingerprint density at radius 3 is 2.64 bits per heavy atom. The number of nitriles is 1. The summed E-state index contributed by atoms with van der Waals surface area (Å²) in [4.78, 5) is 2.27. The number of rotatable bonds is 3. The van der Waals surface area contributed by atoms with Gasteiger partial charge < -0.3 is 9.64 Å². The molecule has 2 aromatic carbocycles. The zero-order chi connectivity index (χ0) is 15.6. The second kappa shape index (κ2) is 5.70. The van der Waals surface area contributed by atoms with E-state index in [1.807, 2.05) is 4.90 Å². The lowest BCUT2D eigenvalue weighted by atomic mass is 10.2. The minimum Gasteiger partial charge on any atom is -0.490 e. The Bertz CT molecular complexity index is 826. The summed E-state index contributed by atoms with van der Waals surface area (Å²) in [5.74, 6) is 0.605. The van der Waals surface area contributed by atoms with Crippen molar-refractivity contribution < 1.29 is 13.2 Å². The van der Waals surface area contributed by atoms with Crippen molar-refractivity contribution in [3.05, 3.63) is 48.5 Å². The maximum Gasteiger partial charge on any atom is 0.206 e. The van der Waals surface area contributed by atoms with Crippen molar-refractivity contribution in [2.75, 3.05) is 24.6 Å². The molecule has 0 aliphatic carbocycles. The van der Waals surface area contributed by atoms with Gasteiger partial charge >= 0.3 is 0 Å². The van der Waals surface area contributed by atoms with E-state index in [2.05, 4.69) is 6.07 Å². The molecule has 22 heavy (non-hydrogen) atoms. The summed E-state index contributed by atoms with van der Waals surface area (Å²) in [6, 6.07) is 15.1. The van der Waals surface area contributed by atoms with Crippen LogP contribution in [0.15, 0.2) is 58.3 Å². The molecule has 6 heteroatoms. The van der Waals surface area contributed by atoms with E-state index in [1.54, 1.807) is 42.5 Å². The van der Waals surface area contributed by atoms with Gasteiger partial charge in [-0.15, -0.1) is 0 Å². The molecule has 0 aromatic heterocycles. The Kier molecular flexibility index (Phi) is 3.73. The number of sulfone groups is 1. The summed E-state index contributed by atoms with van der Waals surface area (Å²) in [5.41, 5.74) is 0.643. The smallest absolute Gasteiger partial charge is 0.206 e. The number of benzene rings is 2. The van der Waals surface area contributed by atoms with E-state index in [4.69, 9.17) is 10.00 Å². The Balaban J connectivity index is 2.07. The fraction of sp³-hybridized carbons (Fsp3) is 0.188. The molecule has 1 heterocycles. The highest BCUT2D eigenvalue weighted by molar-refractivity contribution is 7.91. The molecule has 1 aliphatic rings. The topological polar surface area (TPSA) is 70.4 Å². The molecule has 0 saturated carbocycles. The van der Waals surface area contributed by atoms with Crippen LogP contribution in [0.1, 0.15) is 0 Å². The maximum absolute atomic E-state index is 12.7. The number of anilines is 1. The molecule has 0 radical (unpaired) electrons. The Morgan fingerprint density at radius 1 is 1.14 bits per heavy atom. The maximum atomic E-state index is 12.7. The number of ether oxygens (including phenoxy) is 1. The van der Waals surface area contributed by atoms with E-state index in [0.717, 1.165) is 0 Å². The van der Waals surface area contributed by atoms with Gasteiger partial charge in [0.1, 0.15) is 18.9 Å². The first-order chi connectivity index (χ1) is 10.6. The fourth-order valence-electron chi connectivity index (χ4n) is 2.41. The first kappa shape index (κ1) is 14.4. The minimum atomic E-state index is -3.58. The van der Waals surface area contributed by atoms with Gasteiger partial charge in [-0.3, -0.25) is 0 Å². The van der Waals surface area contributed by atoms with Gasteiger partial charge in [-0.2, -0.15) is 5.26 Å². The normalized spacial score (nSPS) is 13.9. The highest BCUT2D eigenvalue weighted by Crippen LogP contribution is 2.35. The van der Waals surface area contributed by atoms with Crippen molar-refractivity contribution in [1.82, 2.24) is 0 Å². The second-order valence-corrected chi connectivity index (χ2v) is 6.82. The predicted molar refractivity (Wildman–Crippen MR) is 81.7 cm³/mol. The summed E-state index contributed by atoms with van der Waals surface area (Å²) in [6.45, 7) is 1.25. The molecule has 5 nitrogen and oxygen atoms in total. The number of hydrogen-bond donors (Lipinski definition) is 0.